The van der Waals surface area contributed by atoms with Gasteiger partial charge in [0.25, 0.3) is 0 Å². The van der Waals surface area contributed by atoms with Gasteiger partial charge in [-0.2, -0.15) is 5.26 Å². The van der Waals surface area contributed by atoms with Crippen molar-refractivity contribution in [3.8, 4) is 6.07 Å². The van der Waals surface area contributed by atoms with Crippen molar-refractivity contribution in [1.29, 1.82) is 5.26 Å². The topological polar surface area (TPSA) is 68.2 Å². The van der Waals surface area contributed by atoms with Crippen molar-refractivity contribution < 1.29 is 4.79 Å². The molecule has 1 aliphatic rings. The molecule has 0 bridgehead atoms. The second kappa shape index (κ2) is 6.21. The van der Waals surface area contributed by atoms with E-state index in [1.807, 2.05) is 24.0 Å². The van der Waals surface area contributed by atoms with Crippen LogP contribution in [-0.2, 0) is 4.79 Å². The minimum Gasteiger partial charge on any atom is -0.375 e. The zero-order valence-corrected chi connectivity index (χ0v) is 11.1. The molecule has 0 aliphatic carbocycles. The summed E-state index contributed by atoms with van der Waals surface area (Å²) in [7, 11) is 0. The zero-order valence-electron chi connectivity index (χ0n) is 11.1. The number of amides is 1. The highest BCUT2D eigenvalue weighted by Crippen LogP contribution is 2.16. The highest BCUT2D eigenvalue weighted by atomic mass is 16.2. The Morgan fingerprint density at radius 1 is 1.47 bits per heavy atom. The standard InChI is InChI=1S/C14H18N4O/c1-11-2-3-12(9-15)13(8-11)17-10-14(19)18-6-4-16-5-7-18/h2-3,8,16-17H,4-7,10H2,1H3. The molecule has 1 heterocycles. The average Bonchev–Trinajstić information content (AvgIpc) is 2.46. The van der Waals surface area contributed by atoms with E-state index in [4.69, 9.17) is 5.26 Å². The van der Waals surface area contributed by atoms with Gasteiger partial charge in [-0.25, -0.2) is 0 Å². The fraction of sp³-hybridized carbons (Fsp3) is 0.429. The van der Waals surface area contributed by atoms with Gasteiger partial charge in [-0.3, -0.25) is 4.79 Å². The van der Waals surface area contributed by atoms with E-state index < -0.39 is 0 Å². The maximum absolute atomic E-state index is 12.0. The van der Waals surface area contributed by atoms with Gasteiger partial charge in [-0.15, -0.1) is 0 Å². The highest BCUT2D eigenvalue weighted by molar-refractivity contribution is 5.81. The number of carbonyl (C=O) groups excluding carboxylic acids is 1. The zero-order chi connectivity index (χ0) is 13.7. The number of nitrogens with one attached hydrogen (secondary N) is 2. The lowest BCUT2D eigenvalue weighted by atomic mass is 10.1. The predicted molar refractivity (Wildman–Crippen MR) is 73.8 cm³/mol. The Morgan fingerprint density at radius 2 is 2.21 bits per heavy atom. The van der Waals surface area contributed by atoms with Crippen molar-refractivity contribution >= 4 is 11.6 Å². The Morgan fingerprint density at radius 3 is 2.89 bits per heavy atom. The first-order valence-corrected chi connectivity index (χ1v) is 6.44. The van der Waals surface area contributed by atoms with Crippen molar-refractivity contribution in [3.63, 3.8) is 0 Å². The summed E-state index contributed by atoms with van der Waals surface area (Å²) in [4.78, 5) is 13.8. The summed E-state index contributed by atoms with van der Waals surface area (Å²) in [6.07, 6.45) is 0. The summed E-state index contributed by atoms with van der Waals surface area (Å²) in [6, 6.07) is 7.68. The first-order chi connectivity index (χ1) is 9.20. The molecule has 5 nitrogen and oxygen atoms in total. The third-order valence-corrected chi connectivity index (χ3v) is 3.20. The summed E-state index contributed by atoms with van der Waals surface area (Å²) < 4.78 is 0. The third-order valence-electron chi connectivity index (χ3n) is 3.20. The summed E-state index contributed by atoms with van der Waals surface area (Å²) >= 11 is 0. The molecule has 0 spiro atoms. The molecule has 0 unspecified atom stereocenters. The molecule has 19 heavy (non-hydrogen) atoms. The third kappa shape index (κ3) is 3.46. The number of rotatable bonds is 3. The number of benzene rings is 1. The van der Waals surface area contributed by atoms with E-state index in [1.54, 1.807) is 6.07 Å². The van der Waals surface area contributed by atoms with Crippen molar-refractivity contribution in [2.45, 2.75) is 6.92 Å². The van der Waals surface area contributed by atoms with Crippen LogP contribution in [0.5, 0.6) is 0 Å². The molecule has 0 aromatic heterocycles. The van der Waals surface area contributed by atoms with Gasteiger partial charge < -0.3 is 15.5 Å². The van der Waals surface area contributed by atoms with Crippen LogP contribution in [0.1, 0.15) is 11.1 Å². The van der Waals surface area contributed by atoms with Gasteiger partial charge in [-0.05, 0) is 24.6 Å². The molecule has 1 aliphatic heterocycles. The van der Waals surface area contributed by atoms with Crippen LogP contribution in [0.4, 0.5) is 5.69 Å². The molecule has 0 atom stereocenters. The molecule has 1 aromatic carbocycles. The van der Waals surface area contributed by atoms with E-state index in [0.29, 0.717) is 5.56 Å². The van der Waals surface area contributed by atoms with E-state index in [9.17, 15) is 4.79 Å². The number of carbonyl (C=O) groups is 1. The smallest absolute Gasteiger partial charge is 0.241 e. The number of nitrogens with zero attached hydrogens (tertiary/aromatic N) is 2. The fourth-order valence-corrected chi connectivity index (χ4v) is 2.10. The SMILES string of the molecule is Cc1ccc(C#N)c(NCC(=O)N2CCNCC2)c1. The summed E-state index contributed by atoms with van der Waals surface area (Å²) in [5.74, 6) is 0.0758. The lowest BCUT2D eigenvalue weighted by Crippen LogP contribution is -2.48. The van der Waals surface area contributed by atoms with Gasteiger partial charge in [0.2, 0.25) is 5.91 Å². The molecule has 1 fully saturated rings. The van der Waals surface area contributed by atoms with Crippen molar-refractivity contribution in [2.24, 2.45) is 0 Å². The summed E-state index contributed by atoms with van der Waals surface area (Å²) in [6.45, 7) is 5.39. The molecule has 1 amide bonds. The van der Waals surface area contributed by atoms with E-state index in [-0.39, 0.29) is 12.5 Å². The highest BCUT2D eigenvalue weighted by Gasteiger charge is 2.15. The number of nitriles is 1. The first kappa shape index (κ1) is 13.4. The molecule has 1 aromatic rings. The maximum Gasteiger partial charge on any atom is 0.241 e. The van der Waals surface area contributed by atoms with E-state index in [2.05, 4.69) is 16.7 Å². The number of piperazine rings is 1. The summed E-state index contributed by atoms with van der Waals surface area (Å²) in [5.41, 5.74) is 2.36. The first-order valence-electron chi connectivity index (χ1n) is 6.44. The largest absolute Gasteiger partial charge is 0.375 e. The predicted octanol–water partition coefficient (Wildman–Crippen LogP) is 0.710. The minimum atomic E-state index is 0.0758. The van der Waals surface area contributed by atoms with Gasteiger partial charge in [-0.1, -0.05) is 6.07 Å². The Bertz CT molecular complexity index is 501. The molecule has 2 N–H and O–H groups in total. The van der Waals surface area contributed by atoms with Gasteiger partial charge in [0.1, 0.15) is 6.07 Å². The van der Waals surface area contributed by atoms with Crippen molar-refractivity contribution in [2.75, 3.05) is 38.0 Å². The molecule has 0 radical (unpaired) electrons. The number of aryl methyl sites for hydroxylation is 1. The number of hydrogen-bond acceptors (Lipinski definition) is 4. The quantitative estimate of drug-likeness (QED) is 0.838. The van der Waals surface area contributed by atoms with Crippen LogP contribution in [-0.4, -0.2) is 43.5 Å². The van der Waals surface area contributed by atoms with Gasteiger partial charge in [0.15, 0.2) is 0 Å². The van der Waals surface area contributed by atoms with Crippen LogP contribution in [0.25, 0.3) is 0 Å². The van der Waals surface area contributed by atoms with Gasteiger partial charge in [0.05, 0.1) is 17.8 Å². The number of hydrogen-bond donors (Lipinski definition) is 2. The van der Waals surface area contributed by atoms with Crippen LogP contribution in [0.15, 0.2) is 18.2 Å². The van der Waals surface area contributed by atoms with E-state index in [1.165, 1.54) is 0 Å². The van der Waals surface area contributed by atoms with Gasteiger partial charge in [0, 0.05) is 26.2 Å². The van der Waals surface area contributed by atoms with E-state index >= 15 is 0 Å². The second-order valence-electron chi connectivity index (χ2n) is 4.65. The van der Waals surface area contributed by atoms with Crippen LogP contribution < -0.4 is 10.6 Å². The monoisotopic (exact) mass is 258 g/mol. The molecule has 5 heteroatoms. The van der Waals surface area contributed by atoms with Crippen LogP contribution in [0.3, 0.4) is 0 Å². The van der Waals surface area contributed by atoms with Crippen LogP contribution in [0, 0.1) is 18.3 Å². The minimum absolute atomic E-state index is 0.0758. The average molecular weight is 258 g/mol. The van der Waals surface area contributed by atoms with Crippen molar-refractivity contribution in [3.05, 3.63) is 29.3 Å². The van der Waals surface area contributed by atoms with Crippen LogP contribution in [0.2, 0.25) is 0 Å². The van der Waals surface area contributed by atoms with Crippen molar-refractivity contribution in [1.82, 2.24) is 10.2 Å². The fourth-order valence-electron chi connectivity index (χ4n) is 2.10. The summed E-state index contributed by atoms with van der Waals surface area (Å²) in [5, 5.41) is 15.3. The normalized spacial score (nSPS) is 14.8. The molecule has 0 saturated carbocycles. The second-order valence-corrected chi connectivity index (χ2v) is 4.65. The number of anilines is 1. The van der Waals surface area contributed by atoms with E-state index in [0.717, 1.165) is 37.4 Å². The Hall–Kier alpha value is -2.06. The molecule has 100 valence electrons. The Balaban J connectivity index is 1.96. The Labute approximate surface area is 113 Å². The maximum atomic E-state index is 12.0. The Kier molecular flexibility index (Phi) is 4.37. The van der Waals surface area contributed by atoms with Crippen LogP contribution >= 0.6 is 0 Å². The lowest BCUT2D eigenvalue weighted by Gasteiger charge is -2.27. The lowest BCUT2D eigenvalue weighted by molar-refractivity contribution is -0.129. The molecular weight excluding hydrogens is 240 g/mol. The molecule has 2 rings (SSSR count). The van der Waals surface area contributed by atoms with Gasteiger partial charge >= 0.3 is 0 Å². The molecule has 1 saturated heterocycles. The molecular formula is C14H18N4O.